The van der Waals surface area contributed by atoms with Gasteiger partial charge in [0.15, 0.2) is 5.96 Å². The molecule has 1 aromatic rings. The van der Waals surface area contributed by atoms with Crippen molar-refractivity contribution in [3.05, 3.63) is 24.2 Å². The van der Waals surface area contributed by atoms with E-state index in [0.717, 1.165) is 62.6 Å². The highest BCUT2D eigenvalue weighted by Gasteiger charge is 2.25. The van der Waals surface area contributed by atoms with Crippen molar-refractivity contribution in [3.8, 4) is 0 Å². The number of aliphatic imine (C=N–C) groups is 1. The standard InChI is InChI=1S/C20H33N3O2/c1-15-5-6-18(14-16(15)2)23-20(22-17-8-12-24-13-9-17)21-10-7-19-4-3-11-25-19/h3-4,11,15-18H,5-10,12-14H2,1-2H3,(H2,21,22,23). The summed E-state index contributed by atoms with van der Waals surface area (Å²) in [5.74, 6) is 3.57. The Kier molecular flexibility index (Phi) is 6.79. The molecule has 1 aromatic heterocycles. The lowest BCUT2D eigenvalue weighted by Crippen LogP contribution is -2.50. The molecule has 25 heavy (non-hydrogen) atoms. The molecule has 1 aliphatic heterocycles. The van der Waals surface area contributed by atoms with Gasteiger partial charge >= 0.3 is 0 Å². The van der Waals surface area contributed by atoms with Crippen LogP contribution >= 0.6 is 0 Å². The van der Waals surface area contributed by atoms with Gasteiger partial charge in [-0.3, -0.25) is 4.99 Å². The zero-order valence-corrected chi connectivity index (χ0v) is 15.7. The van der Waals surface area contributed by atoms with Crippen molar-refractivity contribution in [3.63, 3.8) is 0 Å². The number of hydrogen-bond acceptors (Lipinski definition) is 3. The highest BCUT2D eigenvalue weighted by atomic mass is 16.5. The lowest BCUT2D eigenvalue weighted by atomic mass is 9.79. The molecule has 3 unspecified atom stereocenters. The van der Waals surface area contributed by atoms with Crippen molar-refractivity contribution < 1.29 is 9.15 Å². The summed E-state index contributed by atoms with van der Waals surface area (Å²) in [5.41, 5.74) is 0. The van der Waals surface area contributed by atoms with Gasteiger partial charge in [-0.2, -0.15) is 0 Å². The van der Waals surface area contributed by atoms with Gasteiger partial charge in [0.1, 0.15) is 5.76 Å². The van der Waals surface area contributed by atoms with E-state index in [4.69, 9.17) is 14.1 Å². The Morgan fingerprint density at radius 2 is 1.88 bits per heavy atom. The van der Waals surface area contributed by atoms with Gasteiger partial charge in [-0.1, -0.05) is 13.8 Å². The molecular formula is C20H33N3O2. The largest absolute Gasteiger partial charge is 0.469 e. The maximum atomic E-state index is 5.47. The fourth-order valence-electron chi connectivity index (χ4n) is 3.77. The molecule has 0 radical (unpaired) electrons. The minimum atomic E-state index is 0.462. The van der Waals surface area contributed by atoms with Crippen LogP contribution in [0.15, 0.2) is 27.8 Å². The van der Waals surface area contributed by atoms with E-state index >= 15 is 0 Å². The van der Waals surface area contributed by atoms with E-state index in [1.807, 2.05) is 12.1 Å². The summed E-state index contributed by atoms with van der Waals surface area (Å²) in [6.07, 6.45) is 8.44. The first-order valence-corrected chi connectivity index (χ1v) is 9.88. The first kappa shape index (κ1) is 18.3. The second-order valence-corrected chi connectivity index (χ2v) is 7.70. The number of rotatable bonds is 5. The molecule has 2 aliphatic rings. The van der Waals surface area contributed by atoms with E-state index < -0.39 is 0 Å². The van der Waals surface area contributed by atoms with Crippen LogP contribution in [0.4, 0.5) is 0 Å². The first-order valence-electron chi connectivity index (χ1n) is 9.88. The molecule has 5 nitrogen and oxygen atoms in total. The van der Waals surface area contributed by atoms with Gasteiger partial charge in [-0.05, 0) is 56.1 Å². The van der Waals surface area contributed by atoms with Crippen molar-refractivity contribution in [1.29, 1.82) is 0 Å². The molecule has 3 atom stereocenters. The Balaban J connectivity index is 1.56. The third-order valence-corrected chi connectivity index (χ3v) is 5.71. The summed E-state index contributed by atoms with van der Waals surface area (Å²) in [5, 5.41) is 7.34. The summed E-state index contributed by atoms with van der Waals surface area (Å²) in [6.45, 7) is 7.17. The van der Waals surface area contributed by atoms with E-state index in [1.54, 1.807) is 6.26 Å². The average molecular weight is 348 g/mol. The maximum absolute atomic E-state index is 5.47. The summed E-state index contributed by atoms with van der Waals surface area (Å²) < 4.78 is 10.9. The van der Waals surface area contributed by atoms with Crippen LogP contribution in [-0.4, -0.2) is 37.8 Å². The van der Waals surface area contributed by atoms with Crippen molar-refractivity contribution in [1.82, 2.24) is 10.6 Å². The van der Waals surface area contributed by atoms with Crippen LogP contribution in [0.25, 0.3) is 0 Å². The molecule has 2 N–H and O–H groups in total. The first-order chi connectivity index (χ1) is 12.2. The van der Waals surface area contributed by atoms with Crippen LogP contribution < -0.4 is 10.6 Å². The summed E-state index contributed by atoms with van der Waals surface area (Å²) in [4.78, 5) is 4.82. The summed E-state index contributed by atoms with van der Waals surface area (Å²) >= 11 is 0. The Hall–Kier alpha value is -1.49. The topological polar surface area (TPSA) is 58.8 Å². The van der Waals surface area contributed by atoms with Crippen molar-refractivity contribution in [2.45, 2.75) is 64.5 Å². The monoisotopic (exact) mass is 347 g/mol. The molecule has 0 bridgehead atoms. The van der Waals surface area contributed by atoms with Gasteiger partial charge in [-0.15, -0.1) is 0 Å². The molecule has 0 aromatic carbocycles. The molecule has 140 valence electrons. The molecule has 2 fully saturated rings. The molecule has 3 rings (SSSR count). The number of nitrogens with zero attached hydrogens (tertiary/aromatic N) is 1. The predicted octanol–water partition coefficient (Wildman–Crippen LogP) is 3.36. The number of hydrogen-bond donors (Lipinski definition) is 2. The Bertz CT molecular complexity index is 523. The van der Waals surface area contributed by atoms with Crippen LogP contribution in [0.1, 0.15) is 51.7 Å². The van der Waals surface area contributed by atoms with Crippen LogP contribution in [0.3, 0.4) is 0 Å². The normalized spacial score (nSPS) is 28.7. The Morgan fingerprint density at radius 3 is 2.60 bits per heavy atom. The third kappa shape index (κ3) is 5.77. The maximum Gasteiger partial charge on any atom is 0.191 e. The number of furan rings is 1. The zero-order valence-electron chi connectivity index (χ0n) is 15.7. The highest BCUT2D eigenvalue weighted by Crippen LogP contribution is 2.29. The number of guanidine groups is 1. The van der Waals surface area contributed by atoms with Gasteiger partial charge in [-0.25, -0.2) is 0 Å². The van der Waals surface area contributed by atoms with Crippen LogP contribution in [0.5, 0.6) is 0 Å². The van der Waals surface area contributed by atoms with E-state index in [9.17, 15) is 0 Å². The van der Waals surface area contributed by atoms with E-state index in [0.29, 0.717) is 12.1 Å². The quantitative estimate of drug-likeness (QED) is 0.633. The molecular weight excluding hydrogens is 314 g/mol. The summed E-state index contributed by atoms with van der Waals surface area (Å²) in [6, 6.07) is 4.94. The molecule has 1 saturated carbocycles. The molecule has 5 heteroatoms. The lowest BCUT2D eigenvalue weighted by Gasteiger charge is -2.34. The molecule has 1 saturated heterocycles. The van der Waals surface area contributed by atoms with Crippen molar-refractivity contribution >= 4 is 5.96 Å². The minimum absolute atomic E-state index is 0.462. The smallest absolute Gasteiger partial charge is 0.191 e. The fourth-order valence-corrected chi connectivity index (χ4v) is 3.77. The third-order valence-electron chi connectivity index (χ3n) is 5.71. The molecule has 0 amide bonds. The van der Waals surface area contributed by atoms with Gasteiger partial charge in [0.25, 0.3) is 0 Å². The van der Waals surface area contributed by atoms with Gasteiger partial charge in [0.2, 0.25) is 0 Å². The average Bonchev–Trinajstić information content (AvgIpc) is 3.12. The minimum Gasteiger partial charge on any atom is -0.469 e. The number of ether oxygens (including phenoxy) is 1. The van der Waals surface area contributed by atoms with Crippen LogP contribution in [-0.2, 0) is 11.2 Å². The van der Waals surface area contributed by atoms with Gasteiger partial charge in [0.05, 0.1) is 6.26 Å². The van der Waals surface area contributed by atoms with Gasteiger partial charge < -0.3 is 19.8 Å². The van der Waals surface area contributed by atoms with E-state index in [1.165, 1.54) is 19.3 Å². The Labute approximate surface area is 151 Å². The van der Waals surface area contributed by atoms with Crippen LogP contribution in [0, 0.1) is 11.8 Å². The predicted molar refractivity (Wildman–Crippen MR) is 101 cm³/mol. The second kappa shape index (κ2) is 9.27. The second-order valence-electron chi connectivity index (χ2n) is 7.70. The van der Waals surface area contributed by atoms with E-state index in [2.05, 4.69) is 24.5 Å². The summed E-state index contributed by atoms with van der Waals surface area (Å²) in [7, 11) is 0. The van der Waals surface area contributed by atoms with E-state index in [-0.39, 0.29) is 0 Å². The number of nitrogens with one attached hydrogen (secondary N) is 2. The Morgan fingerprint density at radius 1 is 1.08 bits per heavy atom. The zero-order chi connectivity index (χ0) is 17.5. The highest BCUT2D eigenvalue weighted by molar-refractivity contribution is 5.80. The SMILES string of the molecule is CC1CCC(NC(=NCCc2ccco2)NC2CCOCC2)CC1C. The fraction of sp³-hybridized carbons (Fsp3) is 0.750. The lowest BCUT2D eigenvalue weighted by molar-refractivity contribution is 0.0821. The van der Waals surface area contributed by atoms with Crippen molar-refractivity contribution in [2.24, 2.45) is 16.8 Å². The molecule has 2 heterocycles. The van der Waals surface area contributed by atoms with Crippen LogP contribution in [0.2, 0.25) is 0 Å². The molecule has 1 aliphatic carbocycles. The van der Waals surface area contributed by atoms with Crippen molar-refractivity contribution in [2.75, 3.05) is 19.8 Å². The van der Waals surface area contributed by atoms with Gasteiger partial charge in [0, 0.05) is 38.3 Å². The molecule has 0 spiro atoms.